The summed E-state index contributed by atoms with van der Waals surface area (Å²) in [6, 6.07) is 0. The van der Waals surface area contributed by atoms with Gasteiger partial charge in [-0.2, -0.15) is 4.98 Å². The first-order valence-electron chi connectivity index (χ1n) is 7.67. The molecule has 0 saturated heterocycles. The number of amides is 1. The zero-order valence-electron chi connectivity index (χ0n) is 13.3. The number of hydrogen-bond donors (Lipinski definition) is 1. The normalized spacial score (nSPS) is 14.1. The van der Waals surface area contributed by atoms with Crippen LogP contribution >= 0.6 is 11.8 Å². The third-order valence-electron chi connectivity index (χ3n) is 3.79. The fraction of sp³-hybridized carbons (Fsp3) is 0.667. The molecule has 1 heterocycles. The maximum absolute atomic E-state index is 12.3. The molecule has 0 atom stereocenters. The SMILES string of the molecule is CN(C)CCCn1c2c(c(SCC(N)=O)nc1=O)CCCC2. The summed E-state index contributed by atoms with van der Waals surface area (Å²) >= 11 is 1.29. The van der Waals surface area contributed by atoms with E-state index in [2.05, 4.69) is 9.88 Å². The molecule has 1 aromatic rings. The quantitative estimate of drug-likeness (QED) is 0.588. The van der Waals surface area contributed by atoms with Gasteiger partial charge in [0.1, 0.15) is 5.03 Å². The first-order chi connectivity index (χ1) is 10.5. The molecular weight excluding hydrogens is 300 g/mol. The van der Waals surface area contributed by atoms with E-state index in [1.54, 1.807) is 0 Å². The number of aromatic nitrogens is 2. The molecule has 1 amide bonds. The van der Waals surface area contributed by atoms with Crippen molar-refractivity contribution in [2.45, 2.75) is 43.7 Å². The number of carbonyl (C=O) groups is 1. The van der Waals surface area contributed by atoms with Gasteiger partial charge in [-0.3, -0.25) is 9.36 Å². The molecule has 1 aliphatic rings. The van der Waals surface area contributed by atoms with E-state index >= 15 is 0 Å². The smallest absolute Gasteiger partial charge is 0.348 e. The Labute approximate surface area is 135 Å². The number of fused-ring (bicyclic) bond motifs is 1. The number of hydrogen-bond acceptors (Lipinski definition) is 5. The molecule has 2 rings (SSSR count). The molecule has 6 nitrogen and oxygen atoms in total. The number of primary amides is 1. The summed E-state index contributed by atoms with van der Waals surface area (Å²) in [4.78, 5) is 29.6. The summed E-state index contributed by atoms with van der Waals surface area (Å²) < 4.78 is 1.83. The lowest BCUT2D eigenvalue weighted by atomic mass is 9.97. The van der Waals surface area contributed by atoms with Crippen molar-refractivity contribution in [3.05, 3.63) is 21.7 Å². The molecule has 0 aliphatic heterocycles. The molecule has 0 spiro atoms. The first-order valence-corrected chi connectivity index (χ1v) is 8.66. The van der Waals surface area contributed by atoms with Crippen molar-refractivity contribution in [3.63, 3.8) is 0 Å². The van der Waals surface area contributed by atoms with E-state index in [-0.39, 0.29) is 17.3 Å². The average Bonchev–Trinajstić information content (AvgIpc) is 2.47. The lowest BCUT2D eigenvalue weighted by molar-refractivity contribution is -0.115. The van der Waals surface area contributed by atoms with Crippen LogP contribution in [0.4, 0.5) is 0 Å². The van der Waals surface area contributed by atoms with Crippen molar-refractivity contribution in [2.24, 2.45) is 5.73 Å². The van der Waals surface area contributed by atoms with Gasteiger partial charge >= 0.3 is 5.69 Å². The number of rotatable bonds is 7. The summed E-state index contributed by atoms with van der Waals surface area (Å²) in [5.74, 6) is -0.213. The van der Waals surface area contributed by atoms with Gasteiger partial charge in [-0.25, -0.2) is 4.79 Å². The summed E-state index contributed by atoms with van der Waals surface area (Å²) in [5.41, 5.74) is 7.25. The van der Waals surface area contributed by atoms with Crippen LogP contribution in [0.3, 0.4) is 0 Å². The molecule has 2 N–H and O–H groups in total. The van der Waals surface area contributed by atoms with Crippen LogP contribution in [0.15, 0.2) is 9.82 Å². The predicted octanol–water partition coefficient (Wildman–Crippen LogP) is 0.651. The minimum Gasteiger partial charge on any atom is -0.369 e. The lowest BCUT2D eigenvalue weighted by Crippen LogP contribution is -2.31. The van der Waals surface area contributed by atoms with Crippen LogP contribution in [0, 0.1) is 0 Å². The number of nitrogens with zero attached hydrogens (tertiary/aromatic N) is 3. The zero-order valence-corrected chi connectivity index (χ0v) is 14.1. The molecule has 0 unspecified atom stereocenters. The highest BCUT2D eigenvalue weighted by molar-refractivity contribution is 7.99. The van der Waals surface area contributed by atoms with E-state index in [1.807, 2.05) is 18.7 Å². The van der Waals surface area contributed by atoms with E-state index in [1.165, 1.54) is 11.8 Å². The van der Waals surface area contributed by atoms with Crippen molar-refractivity contribution in [3.8, 4) is 0 Å². The van der Waals surface area contributed by atoms with Gasteiger partial charge < -0.3 is 10.6 Å². The second-order valence-electron chi connectivity index (χ2n) is 5.90. The molecule has 22 heavy (non-hydrogen) atoms. The van der Waals surface area contributed by atoms with Crippen molar-refractivity contribution >= 4 is 17.7 Å². The van der Waals surface area contributed by atoms with E-state index in [9.17, 15) is 9.59 Å². The largest absolute Gasteiger partial charge is 0.369 e. The van der Waals surface area contributed by atoms with Gasteiger partial charge in [0, 0.05) is 17.8 Å². The standard InChI is InChI=1S/C15H24N4O2S/c1-18(2)8-5-9-19-12-7-4-3-6-11(12)14(17-15(19)21)22-10-13(16)20/h3-10H2,1-2H3,(H2,16,20). The molecule has 1 aromatic heterocycles. The minimum absolute atomic E-state index is 0.170. The van der Waals surface area contributed by atoms with Crippen LogP contribution in [0.2, 0.25) is 0 Å². The van der Waals surface area contributed by atoms with Crippen molar-refractivity contribution < 1.29 is 4.79 Å². The van der Waals surface area contributed by atoms with Crippen LogP contribution in [-0.4, -0.2) is 46.8 Å². The third kappa shape index (κ3) is 4.33. The van der Waals surface area contributed by atoms with E-state index in [0.717, 1.165) is 49.9 Å². The van der Waals surface area contributed by atoms with Gasteiger partial charge in [-0.1, -0.05) is 11.8 Å². The monoisotopic (exact) mass is 324 g/mol. The van der Waals surface area contributed by atoms with Gasteiger partial charge in [0.05, 0.1) is 5.75 Å². The summed E-state index contributed by atoms with van der Waals surface area (Å²) in [5, 5.41) is 0.697. The molecule has 1 aliphatic carbocycles. The second kappa shape index (κ2) is 7.78. The van der Waals surface area contributed by atoms with Gasteiger partial charge in [0.15, 0.2) is 0 Å². The highest BCUT2D eigenvalue weighted by atomic mass is 32.2. The third-order valence-corrected chi connectivity index (χ3v) is 4.83. The lowest BCUT2D eigenvalue weighted by Gasteiger charge is -2.23. The highest BCUT2D eigenvalue weighted by Crippen LogP contribution is 2.28. The van der Waals surface area contributed by atoms with E-state index in [0.29, 0.717) is 11.6 Å². The molecular formula is C15H24N4O2S. The van der Waals surface area contributed by atoms with Gasteiger partial charge in [0.25, 0.3) is 0 Å². The Morgan fingerprint density at radius 1 is 1.36 bits per heavy atom. The number of nitrogens with two attached hydrogens (primary N) is 1. The molecule has 0 radical (unpaired) electrons. The fourth-order valence-electron chi connectivity index (χ4n) is 2.78. The van der Waals surface area contributed by atoms with Crippen LogP contribution in [0.5, 0.6) is 0 Å². The Bertz CT molecular complexity index is 598. The van der Waals surface area contributed by atoms with Gasteiger partial charge in [-0.15, -0.1) is 0 Å². The van der Waals surface area contributed by atoms with Gasteiger partial charge in [-0.05, 0) is 52.7 Å². The molecule has 7 heteroatoms. The van der Waals surface area contributed by atoms with E-state index in [4.69, 9.17) is 5.73 Å². The Morgan fingerprint density at radius 3 is 2.77 bits per heavy atom. The van der Waals surface area contributed by atoms with Crippen LogP contribution in [-0.2, 0) is 24.2 Å². The summed E-state index contributed by atoms with van der Waals surface area (Å²) in [7, 11) is 4.06. The molecule has 0 saturated carbocycles. The highest BCUT2D eigenvalue weighted by Gasteiger charge is 2.20. The maximum Gasteiger partial charge on any atom is 0.348 e. The Kier molecular flexibility index (Phi) is 6.02. The van der Waals surface area contributed by atoms with E-state index < -0.39 is 0 Å². The second-order valence-corrected chi connectivity index (χ2v) is 6.86. The van der Waals surface area contributed by atoms with Crippen molar-refractivity contribution in [2.75, 3.05) is 26.4 Å². The summed E-state index contributed by atoms with van der Waals surface area (Å²) in [6.45, 7) is 1.65. The Morgan fingerprint density at radius 2 is 2.09 bits per heavy atom. The van der Waals surface area contributed by atoms with Crippen LogP contribution in [0.25, 0.3) is 0 Å². The minimum atomic E-state index is -0.383. The fourth-order valence-corrected chi connectivity index (χ4v) is 3.60. The Hall–Kier alpha value is -1.34. The van der Waals surface area contributed by atoms with Gasteiger partial charge in [0.2, 0.25) is 5.91 Å². The molecule has 0 aromatic carbocycles. The van der Waals surface area contributed by atoms with Crippen molar-refractivity contribution in [1.29, 1.82) is 0 Å². The zero-order chi connectivity index (χ0) is 16.1. The number of carbonyl (C=O) groups excluding carboxylic acids is 1. The van der Waals surface area contributed by atoms with Crippen LogP contribution < -0.4 is 11.4 Å². The molecule has 0 bridgehead atoms. The summed E-state index contributed by atoms with van der Waals surface area (Å²) in [6.07, 6.45) is 4.98. The predicted molar refractivity (Wildman–Crippen MR) is 88.2 cm³/mol. The maximum atomic E-state index is 12.3. The topological polar surface area (TPSA) is 81.2 Å². The number of thioether (sulfide) groups is 1. The Balaban J connectivity index is 2.27. The average molecular weight is 324 g/mol. The molecule has 0 fully saturated rings. The first kappa shape index (κ1) is 17.0. The van der Waals surface area contributed by atoms with Crippen molar-refractivity contribution in [1.82, 2.24) is 14.5 Å². The molecule has 122 valence electrons. The van der Waals surface area contributed by atoms with Crippen LogP contribution in [0.1, 0.15) is 30.5 Å².